The molecule has 1 aliphatic carbocycles. The van der Waals surface area contributed by atoms with E-state index in [1.165, 1.54) is 0 Å². The first-order valence-corrected chi connectivity index (χ1v) is 27.2. The Bertz CT molecular complexity index is 3330. The van der Waals surface area contributed by atoms with Gasteiger partial charge in [-0.05, 0) is 120 Å². The van der Waals surface area contributed by atoms with E-state index in [4.69, 9.17) is 28.4 Å². The molecule has 4 aliphatic rings. The number of piperidine rings is 1. The zero-order valence-corrected chi connectivity index (χ0v) is 45.0. The van der Waals surface area contributed by atoms with Gasteiger partial charge >= 0.3 is 23.9 Å². The van der Waals surface area contributed by atoms with Crippen LogP contribution in [-0.4, -0.2) is 97.1 Å². The normalized spacial score (nSPS) is 24.4. The maximum atomic E-state index is 13.9. The van der Waals surface area contributed by atoms with Crippen molar-refractivity contribution in [3.8, 4) is 34.8 Å². The van der Waals surface area contributed by atoms with E-state index in [0.717, 1.165) is 34.2 Å². The Morgan fingerprint density at radius 2 is 0.949 bits per heavy atom. The average Bonchev–Trinajstić information content (AvgIpc) is 4.02. The predicted molar refractivity (Wildman–Crippen MR) is 297 cm³/mol. The Kier molecular flexibility index (Phi) is 16.3. The maximum Gasteiger partial charge on any atom is 0.338 e. The summed E-state index contributed by atoms with van der Waals surface area (Å²) in [7, 11) is 0. The van der Waals surface area contributed by atoms with E-state index in [1.54, 1.807) is 110 Å². The van der Waals surface area contributed by atoms with Gasteiger partial charge in [-0.2, -0.15) is 0 Å². The summed E-state index contributed by atoms with van der Waals surface area (Å²) in [6, 6.07) is 47.0. The highest BCUT2D eigenvalue weighted by atomic mass is 16.6. The summed E-state index contributed by atoms with van der Waals surface area (Å²) in [6.45, 7) is 10.5. The number of hydrogen-bond acceptors (Lipinski definition) is 11. The molecule has 12 nitrogen and oxygen atoms in total. The zero-order valence-electron chi connectivity index (χ0n) is 45.0. The van der Waals surface area contributed by atoms with E-state index in [1.807, 2.05) is 42.2 Å². The van der Waals surface area contributed by atoms with Gasteiger partial charge in [-0.25, -0.2) is 19.2 Å². The minimum absolute atomic E-state index is 0.00808. The van der Waals surface area contributed by atoms with Gasteiger partial charge in [0.2, 0.25) is 5.91 Å². The van der Waals surface area contributed by atoms with Gasteiger partial charge in [0.1, 0.15) is 31.0 Å². The molecule has 6 aromatic carbocycles. The number of esters is 4. The Balaban J connectivity index is 0.973. The summed E-state index contributed by atoms with van der Waals surface area (Å²) in [4.78, 5) is 69.2. The molecule has 10 atom stereocenters. The van der Waals surface area contributed by atoms with Gasteiger partial charge in [0.05, 0.1) is 28.4 Å². The molecule has 2 unspecified atom stereocenters. The van der Waals surface area contributed by atoms with Crippen molar-refractivity contribution in [2.45, 2.75) is 102 Å². The van der Waals surface area contributed by atoms with Crippen molar-refractivity contribution in [1.29, 1.82) is 0 Å². The second kappa shape index (κ2) is 23.8. The summed E-state index contributed by atoms with van der Waals surface area (Å²) in [5, 5.41) is 0. The lowest BCUT2D eigenvalue weighted by molar-refractivity contribution is -0.192. The highest BCUT2D eigenvalue weighted by Crippen LogP contribution is 2.54. The standard InChI is InChI=1S/C67H63NO11/c1-6-56-42(2)43(3)60(77-64(71)49-21-13-8-14-22-49)58(75-56)34-30-47-28-32-53-52-31-27-46(39-54(52)67(55(53)40-47)35-37-68(38-36-67)45(5)69)29-33-57-44(4)61(78-65(72)50-23-15-9-16-24-50)62(79-66(73)51-25-17-10-18-26-51)59(76-57)41-74-63(70)48-19-11-7-12-20-48/h7-28,31-32,39-40,42-44,56-62H,6,35-38,41H2,1-5H3/t42-,43-,44+,56+,57+,58+,59+,60?,61?,62+/m0/s1. The molecule has 3 aliphatic heterocycles. The van der Waals surface area contributed by atoms with Crippen molar-refractivity contribution >= 4 is 29.8 Å². The van der Waals surface area contributed by atoms with Crippen LogP contribution in [0.25, 0.3) is 11.1 Å². The van der Waals surface area contributed by atoms with Crippen LogP contribution in [0.1, 0.15) is 118 Å². The van der Waals surface area contributed by atoms with Crippen molar-refractivity contribution in [2.24, 2.45) is 17.8 Å². The summed E-state index contributed by atoms with van der Waals surface area (Å²) in [5.41, 5.74) is 6.72. The number of fused-ring (bicyclic) bond motifs is 5. The molecule has 402 valence electrons. The van der Waals surface area contributed by atoms with Crippen molar-refractivity contribution in [1.82, 2.24) is 4.90 Å². The van der Waals surface area contributed by atoms with E-state index in [9.17, 15) is 24.0 Å². The van der Waals surface area contributed by atoms with E-state index in [2.05, 4.69) is 68.7 Å². The molecule has 3 fully saturated rings. The number of rotatable bonds is 10. The molecule has 79 heavy (non-hydrogen) atoms. The quantitative estimate of drug-likeness (QED) is 0.0734. The van der Waals surface area contributed by atoms with Crippen LogP contribution in [0.4, 0.5) is 0 Å². The lowest BCUT2D eigenvalue weighted by Gasteiger charge is -2.42. The Labute approximate surface area is 461 Å². The van der Waals surface area contributed by atoms with Gasteiger partial charge < -0.3 is 33.3 Å². The summed E-state index contributed by atoms with van der Waals surface area (Å²) >= 11 is 0. The third kappa shape index (κ3) is 11.5. The zero-order chi connectivity index (χ0) is 55.2. The number of amides is 1. The first kappa shape index (κ1) is 54.1. The molecule has 1 spiro atoms. The van der Waals surface area contributed by atoms with Gasteiger partial charge in [0.15, 0.2) is 12.2 Å². The molecule has 0 radical (unpaired) electrons. The average molecular weight is 1060 g/mol. The molecule has 0 N–H and O–H groups in total. The largest absolute Gasteiger partial charge is 0.459 e. The van der Waals surface area contributed by atoms with Gasteiger partial charge in [-0.15, -0.1) is 0 Å². The molecular formula is C67H63NO11. The Morgan fingerprint density at radius 1 is 0.519 bits per heavy atom. The Hall–Kier alpha value is -8.29. The van der Waals surface area contributed by atoms with E-state index in [0.29, 0.717) is 48.2 Å². The lowest BCUT2D eigenvalue weighted by atomic mass is 9.70. The molecule has 0 bridgehead atoms. The van der Waals surface area contributed by atoms with Crippen LogP contribution >= 0.6 is 0 Å². The summed E-state index contributed by atoms with van der Waals surface area (Å²) < 4.78 is 37.8. The van der Waals surface area contributed by atoms with Crippen LogP contribution in [0.15, 0.2) is 158 Å². The second-order valence-electron chi connectivity index (χ2n) is 21.0. The monoisotopic (exact) mass is 1060 g/mol. The smallest absolute Gasteiger partial charge is 0.338 e. The molecule has 6 aromatic rings. The fourth-order valence-electron chi connectivity index (χ4n) is 11.6. The van der Waals surface area contributed by atoms with Crippen LogP contribution in [0.2, 0.25) is 0 Å². The van der Waals surface area contributed by atoms with Crippen molar-refractivity contribution in [2.75, 3.05) is 19.7 Å². The van der Waals surface area contributed by atoms with Crippen LogP contribution in [-0.2, 0) is 38.6 Å². The number of hydrogen-bond donors (Lipinski definition) is 0. The molecule has 0 saturated carbocycles. The number of benzene rings is 6. The molecular weight excluding hydrogens is 995 g/mol. The van der Waals surface area contributed by atoms with Crippen LogP contribution in [0, 0.1) is 41.4 Å². The topological polar surface area (TPSA) is 144 Å². The van der Waals surface area contributed by atoms with Crippen molar-refractivity contribution in [3.63, 3.8) is 0 Å². The molecule has 3 heterocycles. The van der Waals surface area contributed by atoms with E-state index < -0.39 is 71.8 Å². The van der Waals surface area contributed by atoms with Gasteiger partial charge in [-0.1, -0.05) is 136 Å². The number of nitrogens with zero attached hydrogens (tertiary/aromatic N) is 1. The third-order valence-electron chi connectivity index (χ3n) is 16.2. The minimum atomic E-state index is -1.21. The van der Waals surface area contributed by atoms with Crippen molar-refractivity contribution < 1.29 is 52.4 Å². The molecule has 1 amide bonds. The number of likely N-dealkylation sites (tertiary alicyclic amines) is 1. The second-order valence-corrected chi connectivity index (χ2v) is 21.0. The first-order valence-electron chi connectivity index (χ1n) is 27.2. The fraction of sp³-hybridized carbons (Fsp3) is 0.328. The van der Waals surface area contributed by atoms with Crippen molar-refractivity contribution in [3.05, 3.63) is 202 Å². The van der Waals surface area contributed by atoms with Crippen LogP contribution < -0.4 is 0 Å². The molecule has 0 aromatic heterocycles. The third-order valence-corrected chi connectivity index (χ3v) is 16.2. The first-order chi connectivity index (χ1) is 38.3. The summed E-state index contributed by atoms with van der Waals surface area (Å²) in [5.74, 6) is 10.8. The van der Waals surface area contributed by atoms with E-state index in [-0.39, 0.29) is 36.0 Å². The van der Waals surface area contributed by atoms with Crippen LogP contribution in [0.5, 0.6) is 0 Å². The highest BCUT2D eigenvalue weighted by molar-refractivity contribution is 5.91. The maximum absolute atomic E-state index is 13.9. The van der Waals surface area contributed by atoms with Gasteiger partial charge in [0, 0.05) is 48.4 Å². The minimum Gasteiger partial charge on any atom is -0.459 e. The highest BCUT2D eigenvalue weighted by Gasteiger charge is 2.50. The Morgan fingerprint density at radius 3 is 1.42 bits per heavy atom. The number of carbonyl (C=O) groups excluding carboxylic acids is 5. The predicted octanol–water partition coefficient (Wildman–Crippen LogP) is 10.7. The molecule has 12 heteroatoms. The van der Waals surface area contributed by atoms with Gasteiger partial charge in [-0.3, -0.25) is 4.79 Å². The van der Waals surface area contributed by atoms with Crippen LogP contribution in [0.3, 0.4) is 0 Å². The molecule has 3 saturated heterocycles. The SMILES string of the molecule is CC[C@H]1O[C@H](C#Cc2ccc3c(c2)C2(CCN(C(C)=O)CC2)c2cc(C#C[C@H]4O[C@H](COC(=O)c5ccccc5)[C@@H](OC(=O)c5ccccc5)C(OC(=O)c5ccccc5)[C@@H]4C)ccc2-3)C(OC(=O)c2ccccc2)[C@@H](C)[C@@H]1C. The molecule has 10 rings (SSSR count). The van der Waals surface area contributed by atoms with Gasteiger partial charge in [0.25, 0.3) is 0 Å². The summed E-state index contributed by atoms with van der Waals surface area (Å²) in [6.07, 6.45) is -3.46. The number of ether oxygens (including phenoxy) is 6. The van der Waals surface area contributed by atoms with E-state index >= 15 is 0 Å². The number of carbonyl (C=O) groups is 5. The fourth-order valence-corrected chi connectivity index (χ4v) is 11.6. The lowest BCUT2D eigenvalue weighted by Crippen LogP contribution is -2.58.